The third kappa shape index (κ3) is 4.59. The van der Waals surface area contributed by atoms with Crippen molar-refractivity contribution in [2.75, 3.05) is 25.4 Å². The van der Waals surface area contributed by atoms with Crippen molar-refractivity contribution in [2.24, 2.45) is 5.73 Å². The molecule has 0 saturated heterocycles. The van der Waals surface area contributed by atoms with Crippen LogP contribution in [0.2, 0.25) is 0 Å². The minimum absolute atomic E-state index is 0.163. The second-order valence-corrected chi connectivity index (χ2v) is 5.20. The summed E-state index contributed by atoms with van der Waals surface area (Å²) in [4.78, 5) is 0. The lowest BCUT2D eigenvalue weighted by Gasteiger charge is -2.20. The highest BCUT2D eigenvalue weighted by atomic mass is 32.2. The predicted molar refractivity (Wildman–Crippen MR) is 55.0 cm³/mol. The highest BCUT2D eigenvalue weighted by Gasteiger charge is 2.17. The van der Waals surface area contributed by atoms with Gasteiger partial charge >= 0.3 is 0 Å². The summed E-state index contributed by atoms with van der Waals surface area (Å²) in [5.41, 5.74) is 5.35. The summed E-state index contributed by atoms with van der Waals surface area (Å²) in [6.07, 6.45) is 1.90. The van der Waals surface area contributed by atoms with Crippen LogP contribution < -0.4 is 5.73 Å². The Balaban J connectivity index is 4.23. The molecule has 0 aliphatic carbocycles. The second kappa shape index (κ2) is 6.34. The summed E-state index contributed by atoms with van der Waals surface area (Å²) in [5.74, 6) is 0.163. The molecule has 0 heterocycles. The molecule has 0 radical (unpaired) electrons. The van der Waals surface area contributed by atoms with Crippen molar-refractivity contribution < 1.29 is 8.42 Å². The first-order valence-electron chi connectivity index (χ1n) is 4.76. The van der Waals surface area contributed by atoms with Crippen LogP contribution in [0.5, 0.6) is 0 Å². The van der Waals surface area contributed by atoms with E-state index in [1.165, 1.54) is 4.31 Å². The average Bonchev–Trinajstić information content (AvgIpc) is 2.12. The molecule has 0 aliphatic heterocycles. The Morgan fingerprint density at radius 3 is 2.23 bits per heavy atom. The lowest BCUT2D eigenvalue weighted by atomic mass is 10.3. The minimum atomic E-state index is -3.04. The maximum atomic E-state index is 11.5. The van der Waals surface area contributed by atoms with Crippen molar-refractivity contribution in [1.82, 2.24) is 4.31 Å². The van der Waals surface area contributed by atoms with Crippen molar-refractivity contribution in [3.8, 4) is 0 Å². The van der Waals surface area contributed by atoms with Crippen LogP contribution in [0.4, 0.5) is 0 Å². The molecule has 0 unspecified atom stereocenters. The third-order valence-electron chi connectivity index (χ3n) is 1.90. The van der Waals surface area contributed by atoms with Gasteiger partial charge in [0.1, 0.15) is 0 Å². The van der Waals surface area contributed by atoms with Crippen molar-refractivity contribution in [2.45, 2.75) is 26.7 Å². The molecule has 0 rings (SSSR count). The molecule has 0 atom stereocenters. The molecule has 0 aromatic rings. The zero-order valence-corrected chi connectivity index (χ0v) is 9.31. The largest absolute Gasteiger partial charge is 0.329 e. The van der Waals surface area contributed by atoms with Crippen LogP contribution >= 0.6 is 0 Å². The molecular weight excluding hydrogens is 188 g/mol. The number of sulfonamides is 1. The average molecular weight is 208 g/mol. The fraction of sp³-hybridized carbons (Fsp3) is 1.00. The maximum absolute atomic E-state index is 11.5. The Kier molecular flexibility index (Phi) is 6.28. The van der Waals surface area contributed by atoms with E-state index in [0.29, 0.717) is 19.6 Å². The Bertz CT molecular complexity index is 214. The first kappa shape index (κ1) is 12.9. The van der Waals surface area contributed by atoms with Gasteiger partial charge in [-0.25, -0.2) is 12.7 Å². The van der Waals surface area contributed by atoms with E-state index >= 15 is 0 Å². The molecule has 0 amide bonds. The van der Waals surface area contributed by atoms with Crippen LogP contribution in [-0.4, -0.2) is 38.1 Å². The van der Waals surface area contributed by atoms with Gasteiger partial charge in [-0.1, -0.05) is 13.3 Å². The number of hydrogen-bond donors (Lipinski definition) is 1. The first-order valence-corrected chi connectivity index (χ1v) is 6.37. The van der Waals surface area contributed by atoms with Crippen molar-refractivity contribution >= 4 is 10.0 Å². The van der Waals surface area contributed by atoms with Gasteiger partial charge in [0.25, 0.3) is 0 Å². The number of unbranched alkanes of at least 4 members (excludes halogenated alkanes) is 1. The van der Waals surface area contributed by atoms with E-state index in [2.05, 4.69) is 0 Å². The molecule has 2 N–H and O–H groups in total. The standard InChI is InChI=1S/C8H20N2O2S/c1-3-5-7-10(8-6-9)13(11,12)4-2/h3-9H2,1-2H3. The number of rotatable bonds is 7. The molecule has 0 bridgehead atoms. The Hall–Kier alpha value is -0.130. The molecular formula is C8H20N2O2S. The van der Waals surface area contributed by atoms with Crippen molar-refractivity contribution in [1.29, 1.82) is 0 Å². The van der Waals surface area contributed by atoms with Crippen LogP contribution in [0, 0.1) is 0 Å². The zero-order valence-electron chi connectivity index (χ0n) is 8.49. The van der Waals surface area contributed by atoms with Crippen LogP contribution in [0.3, 0.4) is 0 Å². The summed E-state index contributed by atoms with van der Waals surface area (Å²) >= 11 is 0. The lowest BCUT2D eigenvalue weighted by molar-refractivity contribution is 0.411. The van der Waals surface area contributed by atoms with Crippen LogP contribution in [-0.2, 0) is 10.0 Å². The summed E-state index contributed by atoms with van der Waals surface area (Å²) in [5, 5.41) is 0. The van der Waals surface area contributed by atoms with Gasteiger partial charge in [0.05, 0.1) is 5.75 Å². The van der Waals surface area contributed by atoms with E-state index < -0.39 is 10.0 Å². The van der Waals surface area contributed by atoms with E-state index in [1.54, 1.807) is 6.92 Å². The van der Waals surface area contributed by atoms with Crippen molar-refractivity contribution in [3.05, 3.63) is 0 Å². The Labute approximate surface area is 81.2 Å². The van der Waals surface area contributed by atoms with Gasteiger partial charge in [-0.15, -0.1) is 0 Å². The fourth-order valence-corrected chi connectivity index (χ4v) is 2.21. The number of nitrogens with two attached hydrogens (primary N) is 1. The van der Waals surface area contributed by atoms with Gasteiger partial charge in [-0.05, 0) is 13.3 Å². The Morgan fingerprint density at radius 1 is 1.23 bits per heavy atom. The monoisotopic (exact) mass is 208 g/mol. The minimum Gasteiger partial charge on any atom is -0.329 e. The zero-order chi connectivity index (χ0) is 10.3. The first-order chi connectivity index (χ1) is 6.08. The highest BCUT2D eigenvalue weighted by molar-refractivity contribution is 7.89. The van der Waals surface area contributed by atoms with Gasteiger partial charge in [0.15, 0.2) is 0 Å². The summed E-state index contributed by atoms with van der Waals surface area (Å²) in [6, 6.07) is 0. The summed E-state index contributed by atoms with van der Waals surface area (Å²) in [7, 11) is -3.04. The second-order valence-electron chi connectivity index (χ2n) is 2.94. The van der Waals surface area contributed by atoms with Crippen LogP contribution in [0.1, 0.15) is 26.7 Å². The Morgan fingerprint density at radius 2 is 1.85 bits per heavy atom. The van der Waals surface area contributed by atoms with E-state index in [1.807, 2.05) is 6.92 Å². The van der Waals surface area contributed by atoms with Gasteiger partial charge in [-0.2, -0.15) is 0 Å². The molecule has 4 nitrogen and oxygen atoms in total. The molecule has 0 aliphatic rings. The van der Waals surface area contributed by atoms with E-state index in [4.69, 9.17) is 5.73 Å². The number of nitrogens with zero attached hydrogens (tertiary/aromatic N) is 1. The third-order valence-corrected chi connectivity index (χ3v) is 3.78. The normalized spacial score (nSPS) is 12.3. The van der Waals surface area contributed by atoms with Gasteiger partial charge in [-0.3, -0.25) is 0 Å². The summed E-state index contributed by atoms with van der Waals surface area (Å²) in [6.45, 7) is 5.13. The fourth-order valence-electron chi connectivity index (χ4n) is 1.05. The smallest absolute Gasteiger partial charge is 0.213 e. The predicted octanol–water partition coefficient (Wildman–Crippen LogP) is 0.397. The maximum Gasteiger partial charge on any atom is 0.213 e. The van der Waals surface area contributed by atoms with Gasteiger partial charge < -0.3 is 5.73 Å². The van der Waals surface area contributed by atoms with Crippen molar-refractivity contribution in [3.63, 3.8) is 0 Å². The van der Waals surface area contributed by atoms with Gasteiger partial charge in [0.2, 0.25) is 10.0 Å². The van der Waals surface area contributed by atoms with Crippen LogP contribution in [0.15, 0.2) is 0 Å². The molecule has 0 spiro atoms. The highest BCUT2D eigenvalue weighted by Crippen LogP contribution is 2.03. The molecule has 13 heavy (non-hydrogen) atoms. The van der Waals surface area contributed by atoms with Gasteiger partial charge in [0, 0.05) is 19.6 Å². The van der Waals surface area contributed by atoms with E-state index in [9.17, 15) is 8.42 Å². The quantitative estimate of drug-likeness (QED) is 0.658. The SMILES string of the molecule is CCCCN(CCN)S(=O)(=O)CC. The molecule has 0 aromatic carbocycles. The molecule has 0 saturated carbocycles. The molecule has 0 fully saturated rings. The van der Waals surface area contributed by atoms with Crippen LogP contribution in [0.25, 0.3) is 0 Å². The molecule has 5 heteroatoms. The molecule has 80 valence electrons. The topological polar surface area (TPSA) is 63.4 Å². The summed E-state index contributed by atoms with van der Waals surface area (Å²) < 4.78 is 24.4. The number of hydrogen-bond acceptors (Lipinski definition) is 3. The van der Waals surface area contributed by atoms with E-state index in [-0.39, 0.29) is 5.75 Å². The molecule has 0 aromatic heterocycles. The lowest BCUT2D eigenvalue weighted by Crippen LogP contribution is -2.37. The van der Waals surface area contributed by atoms with E-state index in [0.717, 1.165) is 12.8 Å².